The molecule has 0 saturated heterocycles. The van der Waals surface area contributed by atoms with Gasteiger partial charge in [-0.1, -0.05) is 13.8 Å². The average Bonchev–Trinajstić information content (AvgIpc) is 1.98. The summed E-state index contributed by atoms with van der Waals surface area (Å²) in [4.78, 5) is 11.0. The summed E-state index contributed by atoms with van der Waals surface area (Å²) in [7, 11) is 0. The second-order valence-corrected chi connectivity index (χ2v) is 3.49. The molecule has 2 heteroatoms. The lowest BCUT2D eigenvalue weighted by Gasteiger charge is -2.06. The van der Waals surface area contributed by atoms with Gasteiger partial charge in [-0.15, -0.1) is 0 Å². The summed E-state index contributed by atoms with van der Waals surface area (Å²) in [5.41, 5.74) is 0. The van der Waals surface area contributed by atoms with Crippen LogP contribution in [0.5, 0.6) is 0 Å². The van der Waals surface area contributed by atoms with Crippen LogP contribution in [-0.2, 0) is 4.79 Å². The van der Waals surface area contributed by atoms with Gasteiger partial charge >= 0.3 is 0 Å². The first-order chi connectivity index (χ1) is 4.72. The molecule has 0 N–H and O–H groups in total. The van der Waals surface area contributed by atoms with E-state index in [2.05, 4.69) is 6.26 Å². The molecule has 0 aliphatic heterocycles. The largest absolute Gasteiger partial charge is 0.299 e. The molecule has 0 rings (SSSR count). The maximum atomic E-state index is 11.0. The number of ketones is 1. The van der Waals surface area contributed by atoms with Crippen LogP contribution in [0, 0.1) is 5.92 Å². The van der Waals surface area contributed by atoms with E-state index in [-0.39, 0.29) is 5.92 Å². The highest BCUT2D eigenvalue weighted by Crippen LogP contribution is 2.09. The summed E-state index contributed by atoms with van der Waals surface area (Å²) >= 11 is 1.81. The summed E-state index contributed by atoms with van der Waals surface area (Å²) in [5.74, 6) is 1.78. The van der Waals surface area contributed by atoms with E-state index in [1.165, 1.54) is 0 Å². The second-order valence-electron chi connectivity index (χ2n) is 2.50. The van der Waals surface area contributed by atoms with Crippen molar-refractivity contribution in [2.24, 2.45) is 5.92 Å². The van der Waals surface area contributed by atoms with Crippen molar-refractivity contribution in [2.45, 2.75) is 26.7 Å². The summed E-state index contributed by atoms with van der Waals surface area (Å²) < 4.78 is 0. The monoisotopic (exact) mass is 160 g/mol. The molecule has 0 aromatic heterocycles. The van der Waals surface area contributed by atoms with Gasteiger partial charge in [0.2, 0.25) is 0 Å². The Morgan fingerprint density at radius 1 is 1.60 bits per heavy atom. The first-order valence-electron chi connectivity index (χ1n) is 3.74. The number of carbonyl (C=O) groups is 1. The number of thioether (sulfide) groups is 1. The molecular formula is C8H16OS. The molecule has 0 spiro atoms. The number of carbonyl (C=O) groups excluding carboxylic acids is 1. The van der Waals surface area contributed by atoms with Gasteiger partial charge in [0, 0.05) is 12.3 Å². The van der Waals surface area contributed by atoms with Crippen molar-refractivity contribution in [3.63, 3.8) is 0 Å². The number of rotatable bonds is 5. The Kier molecular flexibility index (Phi) is 5.79. The zero-order valence-electron chi connectivity index (χ0n) is 7.02. The fraction of sp³-hybridized carbons (Fsp3) is 0.875. The van der Waals surface area contributed by atoms with Crippen molar-refractivity contribution in [1.29, 1.82) is 0 Å². The Labute approximate surface area is 67.6 Å². The van der Waals surface area contributed by atoms with Crippen molar-refractivity contribution in [3.8, 4) is 0 Å². The fourth-order valence-electron chi connectivity index (χ4n) is 0.804. The minimum Gasteiger partial charge on any atom is -0.299 e. The van der Waals surface area contributed by atoms with E-state index in [4.69, 9.17) is 0 Å². The molecule has 0 radical (unpaired) electrons. The molecule has 0 aromatic carbocycles. The van der Waals surface area contributed by atoms with Crippen LogP contribution in [0.1, 0.15) is 26.7 Å². The third-order valence-electron chi connectivity index (χ3n) is 1.65. The van der Waals surface area contributed by atoms with Crippen LogP contribution in [0.25, 0.3) is 0 Å². The molecule has 0 aliphatic carbocycles. The summed E-state index contributed by atoms with van der Waals surface area (Å²) in [6, 6.07) is 0. The van der Waals surface area contributed by atoms with E-state index in [1.54, 1.807) is 11.8 Å². The van der Waals surface area contributed by atoms with Gasteiger partial charge in [-0.25, -0.2) is 0 Å². The van der Waals surface area contributed by atoms with Gasteiger partial charge in [-0.3, -0.25) is 4.79 Å². The maximum Gasteiger partial charge on any atom is 0.135 e. The Morgan fingerprint density at radius 3 is 2.60 bits per heavy atom. The number of hydrogen-bond donors (Lipinski definition) is 0. The molecule has 0 aromatic rings. The lowest BCUT2D eigenvalue weighted by molar-refractivity contribution is -0.122. The van der Waals surface area contributed by atoms with Gasteiger partial charge in [-0.2, -0.15) is 11.8 Å². The minimum absolute atomic E-state index is 0.275. The molecule has 1 unspecified atom stereocenters. The molecule has 0 saturated carbocycles. The molecule has 0 amide bonds. The molecule has 0 fully saturated rings. The highest BCUT2D eigenvalue weighted by molar-refractivity contribution is 7.98. The van der Waals surface area contributed by atoms with Crippen LogP contribution in [0.4, 0.5) is 0 Å². The lowest BCUT2D eigenvalue weighted by atomic mass is 10.0. The standard InChI is InChI=1S/C8H16OS/c1-4-8(9)7(2)5-6-10-3/h7H,4-6H2,1-3H3. The fourth-order valence-corrected chi connectivity index (χ4v) is 1.39. The van der Waals surface area contributed by atoms with Gasteiger partial charge in [0.15, 0.2) is 0 Å². The predicted octanol–water partition coefficient (Wildman–Crippen LogP) is 2.35. The maximum absolute atomic E-state index is 11.0. The van der Waals surface area contributed by atoms with Crippen LogP contribution in [0.15, 0.2) is 0 Å². The third-order valence-corrected chi connectivity index (χ3v) is 2.30. The number of Topliss-reactive ketones (excluding diaryl/α,β-unsaturated/α-hetero) is 1. The lowest BCUT2D eigenvalue weighted by Crippen LogP contribution is -2.09. The van der Waals surface area contributed by atoms with Crippen molar-refractivity contribution in [2.75, 3.05) is 12.0 Å². The zero-order valence-corrected chi connectivity index (χ0v) is 7.83. The summed E-state index contributed by atoms with van der Waals surface area (Å²) in [6.07, 6.45) is 3.80. The Morgan fingerprint density at radius 2 is 2.20 bits per heavy atom. The first kappa shape index (κ1) is 10.0. The number of hydrogen-bond acceptors (Lipinski definition) is 2. The van der Waals surface area contributed by atoms with Gasteiger partial charge in [0.05, 0.1) is 0 Å². The van der Waals surface area contributed by atoms with Crippen LogP contribution >= 0.6 is 11.8 Å². The van der Waals surface area contributed by atoms with Crippen molar-refractivity contribution >= 4 is 17.5 Å². The molecule has 0 aliphatic rings. The van der Waals surface area contributed by atoms with Crippen molar-refractivity contribution < 1.29 is 4.79 Å². The van der Waals surface area contributed by atoms with E-state index in [1.807, 2.05) is 13.8 Å². The minimum atomic E-state index is 0.275. The van der Waals surface area contributed by atoms with Gasteiger partial charge < -0.3 is 0 Å². The van der Waals surface area contributed by atoms with Gasteiger partial charge in [0.25, 0.3) is 0 Å². The second kappa shape index (κ2) is 5.78. The van der Waals surface area contributed by atoms with E-state index in [0.717, 1.165) is 12.2 Å². The Balaban J connectivity index is 3.41. The van der Waals surface area contributed by atoms with Crippen molar-refractivity contribution in [3.05, 3.63) is 0 Å². The van der Waals surface area contributed by atoms with E-state index >= 15 is 0 Å². The van der Waals surface area contributed by atoms with E-state index in [9.17, 15) is 4.79 Å². The first-order valence-corrected chi connectivity index (χ1v) is 5.13. The smallest absolute Gasteiger partial charge is 0.135 e. The highest BCUT2D eigenvalue weighted by atomic mass is 32.2. The molecule has 0 bridgehead atoms. The summed E-state index contributed by atoms with van der Waals surface area (Å²) in [5, 5.41) is 0. The van der Waals surface area contributed by atoms with Crippen molar-refractivity contribution in [1.82, 2.24) is 0 Å². The van der Waals surface area contributed by atoms with Gasteiger partial charge in [0.1, 0.15) is 5.78 Å². The highest BCUT2D eigenvalue weighted by Gasteiger charge is 2.08. The average molecular weight is 160 g/mol. The Bertz CT molecular complexity index is 101. The quantitative estimate of drug-likeness (QED) is 0.614. The van der Waals surface area contributed by atoms with E-state index in [0.29, 0.717) is 12.2 Å². The van der Waals surface area contributed by atoms with Crippen LogP contribution in [0.3, 0.4) is 0 Å². The normalized spacial score (nSPS) is 13.1. The summed E-state index contributed by atoms with van der Waals surface area (Å²) in [6.45, 7) is 3.94. The SMILES string of the molecule is CCC(=O)C(C)CCSC. The van der Waals surface area contributed by atoms with Gasteiger partial charge in [-0.05, 0) is 18.4 Å². The van der Waals surface area contributed by atoms with Crippen LogP contribution in [0.2, 0.25) is 0 Å². The molecule has 1 nitrogen and oxygen atoms in total. The van der Waals surface area contributed by atoms with Crippen LogP contribution < -0.4 is 0 Å². The molecule has 10 heavy (non-hydrogen) atoms. The topological polar surface area (TPSA) is 17.1 Å². The zero-order chi connectivity index (χ0) is 7.98. The Hall–Kier alpha value is 0.0200. The van der Waals surface area contributed by atoms with Crippen LogP contribution in [-0.4, -0.2) is 17.8 Å². The molecule has 0 heterocycles. The predicted molar refractivity (Wildman–Crippen MR) is 47.5 cm³/mol. The molecule has 1 atom stereocenters. The molecule has 60 valence electrons. The molecular weight excluding hydrogens is 144 g/mol. The third kappa shape index (κ3) is 3.94. The van der Waals surface area contributed by atoms with E-state index < -0.39 is 0 Å².